The van der Waals surface area contributed by atoms with E-state index in [0.717, 1.165) is 5.56 Å². The SMILES string of the molecule is CC(NCC(C)(O)CO)c1ccc(-c2ccccc2)cc1. The molecule has 2 aromatic rings. The second kappa shape index (κ2) is 6.85. The maximum absolute atomic E-state index is 9.80. The molecule has 0 aliphatic heterocycles. The van der Waals surface area contributed by atoms with Crippen molar-refractivity contribution >= 4 is 0 Å². The molecule has 3 heteroatoms. The first-order valence-electron chi connectivity index (χ1n) is 7.24. The first kappa shape index (κ1) is 15.7. The van der Waals surface area contributed by atoms with Gasteiger partial charge in [0.25, 0.3) is 0 Å². The molecule has 2 rings (SSSR count). The van der Waals surface area contributed by atoms with Gasteiger partial charge >= 0.3 is 0 Å². The highest BCUT2D eigenvalue weighted by Gasteiger charge is 2.19. The zero-order valence-electron chi connectivity index (χ0n) is 12.6. The average molecular weight is 285 g/mol. The molecule has 0 bridgehead atoms. The van der Waals surface area contributed by atoms with Gasteiger partial charge < -0.3 is 15.5 Å². The predicted octanol–water partition coefficient (Wildman–Crippen LogP) is 2.75. The van der Waals surface area contributed by atoms with Crippen LogP contribution in [0.25, 0.3) is 11.1 Å². The lowest BCUT2D eigenvalue weighted by atomic mass is 10.0. The summed E-state index contributed by atoms with van der Waals surface area (Å²) in [4.78, 5) is 0. The third kappa shape index (κ3) is 4.39. The van der Waals surface area contributed by atoms with E-state index in [2.05, 4.69) is 41.7 Å². The molecule has 0 saturated heterocycles. The first-order valence-corrected chi connectivity index (χ1v) is 7.24. The summed E-state index contributed by atoms with van der Waals surface area (Å²) in [5, 5.41) is 22.1. The number of hydrogen-bond acceptors (Lipinski definition) is 3. The first-order chi connectivity index (χ1) is 10.0. The summed E-state index contributed by atoms with van der Waals surface area (Å²) in [6.45, 7) is 3.76. The second-order valence-electron chi connectivity index (χ2n) is 5.75. The smallest absolute Gasteiger partial charge is 0.0973 e. The van der Waals surface area contributed by atoms with Crippen molar-refractivity contribution < 1.29 is 10.2 Å². The van der Waals surface area contributed by atoms with Gasteiger partial charge in [-0.3, -0.25) is 0 Å². The van der Waals surface area contributed by atoms with Crippen LogP contribution in [0.15, 0.2) is 54.6 Å². The van der Waals surface area contributed by atoms with Crippen LogP contribution in [0.5, 0.6) is 0 Å². The molecule has 0 amide bonds. The van der Waals surface area contributed by atoms with E-state index in [1.165, 1.54) is 11.1 Å². The molecule has 3 nitrogen and oxygen atoms in total. The largest absolute Gasteiger partial charge is 0.393 e. The summed E-state index contributed by atoms with van der Waals surface area (Å²) in [5.74, 6) is 0. The van der Waals surface area contributed by atoms with Crippen molar-refractivity contribution in [3.63, 3.8) is 0 Å². The fourth-order valence-electron chi connectivity index (χ4n) is 2.14. The normalized spacial score (nSPS) is 15.4. The Balaban J connectivity index is 2.02. The quantitative estimate of drug-likeness (QED) is 0.765. The number of benzene rings is 2. The van der Waals surface area contributed by atoms with Gasteiger partial charge in [0.05, 0.1) is 12.2 Å². The average Bonchev–Trinajstić information content (AvgIpc) is 2.54. The molecular formula is C18H23NO2. The van der Waals surface area contributed by atoms with Crippen LogP contribution < -0.4 is 5.32 Å². The van der Waals surface area contributed by atoms with Crippen LogP contribution in [0.4, 0.5) is 0 Å². The van der Waals surface area contributed by atoms with E-state index < -0.39 is 5.60 Å². The molecule has 0 saturated carbocycles. The van der Waals surface area contributed by atoms with E-state index in [0.29, 0.717) is 6.54 Å². The van der Waals surface area contributed by atoms with E-state index in [1.54, 1.807) is 6.92 Å². The molecule has 0 aliphatic carbocycles. The molecular weight excluding hydrogens is 262 g/mol. The zero-order valence-corrected chi connectivity index (χ0v) is 12.6. The fourth-order valence-corrected chi connectivity index (χ4v) is 2.14. The second-order valence-corrected chi connectivity index (χ2v) is 5.75. The molecule has 0 heterocycles. The van der Waals surface area contributed by atoms with Crippen molar-refractivity contribution in [2.45, 2.75) is 25.5 Å². The highest BCUT2D eigenvalue weighted by Crippen LogP contribution is 2.21. The van der Waals surface area contributed by atoms with Gasteiger partial charge in [0, 0.05) is 12.6 Å². The summed E-state index contributed by atoms with van der Waals surface area (Å²) >= 11 is 0. The standard InChI is InChI=1S/C18H23NO2/c1-14(19-12-18(2,21)13-20)15-8-10-17(11-9-15)16-6-4-3-5-7-16/h3-11,14,19-21H,12-13H2,1-2H3. The highest BCUT2D eigenvalue weighted by atomic mass is 16.3. The Morgan fingerprint density at radius 3 is 2.14 bits per heavy atom. The van der Waals surface area contributed by atoms with Gasteiger partial charge in [0.1, 0.15) is 0 Å². The fraction of sp³-hybridized carbons (Fsp3) is 0.333. The molecule has 2 unspecified atom stereocenters. The van der Waals surface area contributed by atoms with Gasteiger partial charge in [-0.2, -0.15) is 0 Å². The van der Waals surface area contributed by atoms with Crippen LogP contribution in [-0.4, -0.2) is 29.0 Å². The molecule has 2 atom stereocenters. The number of nitrogens with one attached hydrogen (secondary N) is 1. The Kier molecular flexibility index (Phi) is 5.12. The van der Waals surface area contributed by atoms with Crippen LogP contribution in [-0.2, 0) is 0 Å². The summed E-state index contributed by atoms with van der Waals surface area (Å²) in [6.07, 6.45) is 0. The summed E-state index contributed by atoms with van der Waals surface area (Å²) in [6, 6.07) is 18.8. The third-order valence-corrected chi connectivity index (χ3v) is 3.65. The van der Waals surface area contributed by atoms with Gasteiger partial charge in [-0.15, -0.1) is 0 Å². The number of aliphatic hydroxyl groups is 2. The van der Waals surface area contributed by atoms with Crippen LogP contribution >= 0.6 is 0 Å². The number of aliphatic hydroxyl groups excluding tert-OH is 1. The molecule has 0 aliphatic rings. The number of rotatable bonds is 6. The van der Waals surface area contributed by atoms with Crippen LogP contribution in [0.1, 0.15) is 25.5 Å². The van der Waals surface area contributed by atoms with E-state index in [4.69, 9.17) is 5.11 Å². The summed E-state index contributed by atoms with van der Waals surface area (Å²) in [7, 11) is 0. The Morgan fingerprint density at radius 1 is 1.00 bits per heavy atom. The van der Waals surface area contributed by atoms with Gasteiger partial charge in [0.15, 0.2) is 0 Å². The summed E-state index contributed by atoms with van der Waals surface area (Å²) < 4.78 is 0. The van der Waals surface area contributed by atoms with Crippen molar-refractivity contribution in [2.24, 2.45) is 0 Å². The molecule has 0 spiro atoms. The Morgan fingerprint density at radius 2 is 1.57 bits per heavy atom. The monoisotopic (exact) mass is 285 g/mol. The molecule has 21 heavy (non-hydrogen) atoms. The van der Waals surface area contributed by atoms with Crippen LogP contribution in [0, 0.1) is 0 Å². The Bertz CT molecular complexity index is 549. The maximum Gasteiger partial charge on any atom is 0.0973 e. The zero-order chi connectivity index (χ0) is 15.3. The molecule has 3 N–H and O–H groups in total. The lowest BCUT2D eigenvalue weighted by molar-refractivity contribution is 0.00106. The van der Waals surface area contributed by atoms with E-state index in [9.17, 15) is 5.11 Å². The van der Waals surface area contributed by atoms with E-state index in [1.807, 2.05) is 25.1 Å². The molecule has 2 aromatic carbocycles. The molecule has 0 fully saturated rings. The summed E-state index contributed by atoms with van der Waals surface area (Å²) in [5.41, 5.74) is 2.46. The minimum absolute atomic E-state index is 0.118. The van der Waals surface area contributed by atoms with Crippen LogP contribution in [0.2, 0.25) is 0 Å². The predicted molar refractivity (Wildman–Crippen MR) is 86.0 cm³/mol. The van der Waals surface area contributed by atoms with Crippen LogP contribution in [0.3, 0.4) is 0 Å². The Labute approximate surface area is 126 Å². The number of hydrogen-bond donors (Lipinski definition) is 3. The van der Waals surface area contributed by atoms with Crippen molar-refractivity contribution in [1.29, 1.82) is 0 Å². The van der Waals surface area contributed by atoms with E-state index >= 15 is 0 Å². The topological polar surface area (TPSA) is 52.5 Å². The van der Waals surface area contributed by atoms with Crippen molar-refractivity contribution in [3.8, 4) is 11.1 Å². The molecule has 112 valence electrons. The molecule has 0 aromatic heterocycles. The minimum atomic E-state index is -1.09. The lowest BCUT2D eigenvalue weighted by Crippen LogP contribution is -2.41. The maximum atomic E-state index is 9.80. The lowest BCUT2D eigenvalue weighted by Gasteiger charge is -2.24. The minimum Gasteiger partial charge on any atom is -0.393 e. The van der Waals surface area contributed by atoms with Gasteiger partial charge in [0.2, 0.25) is 0 Å². The van der Waals surface area contributed by atoms with Crippen molar-refractivity contribution in [2.75, 3.05) is 13.2 Å². The van der Waals surface area contributed by atoms with Gasteiger partial charge in [-0.25, -0.2) is 0 Å². The van der Waals surface area contributed by atoms with E-state index in [-0.39, 0.29) is 12.6 Å². The van der Waals surface area contributed by atoms with Crippen molar-refractivity contribution in [3.05, 3.63) is 60.2 Å². The molecule has 0 radical (unpaired) electrons. The van der Waals surface area contributed by atoms with Gasteiger partial charge in [-0.05, 0) is 30.5 Å². The highest BCUT2D eigenvalue weighted by molar-refractivity contribution is 5.63. The Hall–Kier alpha value is -1.68. The third-order valence-electron chi connectivity index (χ3n) is 3.65. The van der Waals surface area contributed by atoms with Crippen molar-refractivity contribution in [1.82, 2.24) is 5.32 Å². The van der Waals surface area contributed by atoms with Gasteiger partial charge in [-0.1, -0.05) is 54.6 Å².